The highest BCUT2D eigenvalue weighted by atomic mass is 32.2. The Labute approximate surface area is 146 Å². The van der Waals surface area contributed by atoms with E-state index in [1.807, 2.05) is 6.07 Å². The number of benzene rings is 2. The molecule has 122 valence electrons. The largest absolute Gasteiger partial charge is 0.300 e. The third-order valence-electron chi connectivity index (χ3n) is 3.28. The van der Waals surface area contributed by atoms with Crippen molar-refractivity contribution in [2.45, 2.75) is 0 Å². The van der Waals surface area contributed by atoms with Crippen LogP contribution >= 0.6 is 11.8 Å². The van der Waals surface area contributed by atoms with Gasteiger partial charge < -0.3 is 5.32 Å². The summed E-state index contributed by atoms with van der Waals surface area (Å²) in [6.07, 6.45) is 1.71. The van der Waals surface area contributed by atoms with Crippen molar-refractivity contribution >= 4 is 40.3 Å². The Bertz CT molecular complexity index is 941. The molecule has 0 unspecified atom stereocenters. The SMILES string of the molecule is N#Cc1ccc(/C=C2\SC(=Nc3ccc([N+](=O)[O-])cc3)NC2=O)cc1. The van der Waals surface area contributed by atoms with Gasteiger partial charge in [0.05, 0.1) is 27.1 Å². The molecule has 0 aliphatic carbocycles. The molecule has 8 heteroatoms. The van der Waals surface area contributed by atoms with Crippen LogP contribution in [0.2, 0.25) is 0 Å². The molecule has 0 atom stereocenters. The van der Waals surface area contributed by atoms with E-state index in [0.717, 1.165) is 5.56 Å². The maximum atomic E-state index is 12.0. The van der Waals surface area contributed by atoms with Gasteiger partial charge in [0, 0.05) is 12.1 Å². The van der Waals surface area contributed by atoms with Crippen molar-refractivity contribution in [2.75, 3.05) is 0 Å². The first-order chi connectivity index (χ1) is 12.0. The zero-order valence-electron chi connectivity index (χ0n) is 12.7. The van der Waals surface area contributed by atoms with Crippen molar-refractivity contribution in [3.05, 3.63) is 74.7 Å². The van der Waals surface area contributed by atoms with Crippen LogP contribution in [-0.4, -0.2) is 16.0 Å². The molecule has 1 fully saturated rings. The van der Waals surface area contributed by atoms with Gasteiger partial charge in [-0.25, -0.2) is 4.99 Å². The van der Waals surface area contributed by atoms with Crippen LogP contribution in [0.3, 0.4) is 0 Å². The number of non-ortho nitro benzene ring substituents is 1. The number of nitrogens with zero attached hydrogens (tertiary/aromatic N) is 3. The summed E-state index contributed by atoms with van der Waals surface area (Å²) in [5, 5.41) is 22.5. The highest BCUT2D eigenvalue weighted by Crippen LogP contribution is 2.28. The van der Waals surface area contributed by atoms with Crippen LogP contribution in [0, 0.1) is 21.4 Å². The molecular formula is C17H10N4O3S. The number of thioether (sulfide) groups is 1. The van der Waals surface area contributed by atoms with Crippen LogP contribution in [0.1, 0.15) is 11.1 Å². The van der Waals surface area contributed by atoms with E-state index >= 15 is 0 Å². The first-order valence-corrected chi connectivity index (χ1v) is 7.91. The van der Waals surface area contributed by atoms with E-state index in [1.165, 1.54) is 36.0 Å². The van der Waals surface area contributed by atoms with Crippen molar-refractivity contribution in [1.29, 1.82) is 5.26 Å². The quantitative estimate of drug-likeness (QED) is 0.519. The lowest BCUT2D eigenvalue weighted by molar-refractivity contribution is -0.384. The third-order valence-corrected chi connectivity index (χ3v) is 4.19. The highest BCUT2D eigenvalue weighted by Gasteiger charge is 2.23. The molecule has 3 rings (SSSR count). The Morgan fingerprint density at radius 3 is 2.44 bits per heavy atom. The minimum absolute atomic E-state index is 0.0199. The Hall–Kier alpha value is -3.44. The molecule has 1 N–H and O–H groups in total. The van der Waals surface area contributed by atoms with E-state index in [1.54, 1.807) is 30.3 Å². The minimum Gasteiger partial charge on any atom is -0.300 e. The zero-order chi connectivity index (χ0) is 17.8. The van der Waals surface area contributed by atoms with Gasteiger partial charge in [-0.15, -0.1) is 0 Å². The summed E-state index contributed by atoms with van der Waals surface area (Å²) in [5.74, 6) is -0.268. The molecule has 1 amide bonds. The second-order valence-corrected chi connectivity index (χ2v) is 6.02. The average Bonchev–Trinajstić information content (AvgIpc) is 2.95. The number of aliphatic imine (C=N–C) groups is 1. The number of nitrogens with one attached hydrogen (secondary N) is 1. The molecule has 1 aliphatic rings. The Kier molecular flexibility index (Phi) is 4.59. The number of hydrogen-bond donors (Lipinski definition) is 1. The molecule has 0 aromatic heterocycles. The number of rotatable bonds is 3. The van der Waals surface area contributed by atoms with Gasteiger partial charge in [0.1, 0.15) is 0 Å². The van der Waals surface area contributed by atoms with Crippen molar-refractivity contribution in [2.24, 2.45) is 4.99 Å². The molecule has 7 nitrogen and oxygen atoms in total. The summed E-state index contributed by atoms with van der Waals surface area (Å²) in [4.78, 5) is 26.9. The second-order valence-electron chi connectivity index (χ2n) is 4.99. The fraction of sp³-hybridized carbons (Fsp3) is 0. The average molecular weight is 350 g/mol. The van der Waals surface area contributed by atoms with Crippen LogP contribution in [0.25, 0.3) is 6.08 Å². The van der Waals surface area contributed by atoms with Gasteiger partial charge >= 0.3 is 0 Å². The lowest BCUT2D eigenvalue weighted by atomic mass is 10.1. The summed E-state index contributed by atoms with van der Waals surface area (Å²) in [6.45, 7) is 0. The van der Waals surface area contributed by atoms with Crippen molar-refractivity contribution in [1.82, 2.24) is 5.32 Å². The molecule has 1 saturated heterocycles. The van der Waals surface area contributed by atoms with Gasteiger partial charge in [0.2, 0.25) is 0 Å². The number of carbonyl (C=O) groups excluding carboxylic acids is 1. The van der Waals surface area contributed by atoms with Crippen molar-refractivity contribution in [3.8, 4) is 6.07 Å². The minimum atomic E-state index is -0.485. The number of hydrogen-bond acceptors (Lipinski definition) is 6. The molecular weight excluding hydrogens is 340 g/mol. The monoisotopic (exact) mass is 350 g/mol. The number of amides is 1. The highest BCUT2D eigenvalue weighted by molar-refractivity contribution is 8.18. The zero-order valence-corrected chi connectivity index (χ0v) is 13.5. The summed E-state index contributed by atoms with van der Waals surface area (Å²) >= 11 is 1.18. The predicted octanol–water partition coefficient (Wildman–Crippen LogP) is 3.36. The van der Waals surface area contributed by atoms with Crippen LogP contribution in [0.15, 0.2) is 58.4 Å². The third kappa shape index (κ3) is 3.91. The molecule has 25 heavy (non-hydrogen) atoms. The van der Waals surface area contributed by atoms with Crippen LogP contribution in [0.4, 0.5) is 11.4 Å². The number of amidine groups is 1. The first kappa shape index (κ1) is 16.4. The maximum absolute atomic E-state index is 12.0. The van der Waals surface area contributed by atoms with Gasteiger partial charge in [0.25, 0.3) is 11.6 Å². The van der Waals surface area contributed by atoms with Gasteiger partial charge in [0.15, 0.2) is 5.17 Å². The van der Waals surface area contributed by atoms with E-state index in [9.17, 15) is 14.9 Å². The lowest BCUT2D eigenvalue weighted by Crippen LogP contribution is -2.19. The molecule has 0 saturated carbocycles. The molecule has 0 radical (unpaired) electrons. The summed E-state index contributed by atoms with van der Waals surface area (Å²) in [6, 6.07) is 14.6. The number of nitriles is 1. The Morgan fingerprint density at radius 1 is 1.16 bits per heavy atom. The first-order valence-electron chi connectivity index (χ1n) is 7.09. The molecule has 1 aliphatic heterocycles. The van der Waals surface area contributed by atoms with Gasteiger partial charge in [-0.1, -0.05) is 12.1 Å². The van der Waals surface area contributed by atoms with Crippen LogP contribution < -0.4 is 5.32 Å². The number of nitro groups is 1. The normalized spacial score (nSPS) is 16.7. The standard InChI is InChI=1S/C17H10N4O3S/c18-10-12-3-1-11(2-4-12)9-15-16(22)20-17(25-15)19-13-5-7-14(8-6-13)21(23)24/h1-9H,(H,19,20,22)/b15-9-. The molecule has 0 spiro atoms. The Balaban J connectivity index is 1.78. The predicted molar refractivity (Wildman–Crippen MR) is 95.1 cm³/mol. The molecule has 0 bridgehead atoms. The van der Waals surface area contributed by atoms with E-state index in [-0.39, 0.29) is 11.6 Å². The fourth-order valence-electron chi connectivity index (χ4n) is 2.05. The smallest absolute Gasteiger partial charge is 0.269 e. The number of nitro benzene ring substituents is 1. The second kappa shape index (κ2) is 6.98. The van der Waals surface area contributed by atoms with Crippen LogP contribution in [0.5, 0.6) is 0 Å². The number of carbonyl (C=O) groups is 1. The summed E-state index contributed by atoms with van der Waals surface area (Å²) in [5.41, 5.74) is 1.83. The van der Waals surface area contributed by atoms with Crippen LogP contribution in [-0.2, 0) is 4.79 Å². The van der Waals surface area contributed by atoms with Gasteiger partial charge in [-0.05, 0) is 47.7 Å². The van der Waals surface area contributed by atoms with Crippen molar-refractivity contribution < 1.29 is 9.72 Å². The van der Waals surface area contributed by atoms with Gasteiger partial charge in [-0.3, -0.25) is 14.9 Å². The van der Waals surface area contributed by atoms with E-state index in [2.05, 4.69) is 10.3 Å². The van der Waals surface area contributed by atoms with E-state index < -0.39 is 4.92 Å². The summed E-state index contributed by atoms with van der Waals surface area (Å²) < 4.78 is 0. The Morgan fingerprint density at radius 2 is 1.84 bits per heavy atom. The lowest BCUT2D eigenvalue weighted by Gasteiger charge is -1.96. The van der Waals surface area contributed by atoms with Crippen molar-refractivity contribution in [3.63, 3.8) is 0 Å². The van der Waals surface area contributed by atoms with E-state index in [0.29, 0.717) is 21.3 Å². The summed E-state index contributed by atoms with van der Waals surface area (Å²) in [7, 11) is 0. The maximum Gasteiger partial charge on any atom is 0.269 e. The van der Waals surface area contributed by atoms with E-state index in [4.69, 9.17) is 5.26 Å². The molecule has 2 aromatic carbocycles. The van der Waals surface area contributed by atoms with Gasteiger partial charge in [-0.2, -0.15) is 5.26 Å². The molecule has 2 aromatic rings. The topological polar surface area (TPSA) is 108 Å². The fourth-order valence-corrected chi connectivity index (χ4v) is 2.89. The molecule has 1 heterocycles.